The van der Waals surface area contributed by atoms with E-state index in [0.717, 1.165) is 15.7 Å². The number of hydrogen-bond acceptors (Lipinski definition) is 4. The zero-order chi connectivity index (χ0) is 21.4. The van der Waals surface area contributed by atoms with Crippen molar-refractivity contribution in [1.82, 2.24) is 9.13 Å². The molecule has 2 aromatic carbocycles. The predicted molar refractivity (Wildman–Crippen MR) is 121 cm³/mol. The molecule has 0 unspecified atom stereocenters. The standard InChI is InChI=1S/C22H18ClN3O3S/c1-13-9-14(2)11-17(10-13)26-21(28)20-18(7-8-30-20)25(22(26)29)12-19(27)24-16-5-3-15(23)4-6-16/h3-11H,12H2,1-2H3,(H,24,27). The molecule has 0 aliphatic rings. The highest BCUT2D eigenvalue weighted by Gasteiger charge is 2.18. The van der Waals surface area contributed by atoms with Gasteiger partial charge in [0.15, 0.2) is 0 Å². The second-order valence-electron chi connectivity index (χ2n) is 7.05. The fourth-order valence-corrected chi connectivity index (χ4v) is 4.37. The Morgan fingerprint density at radius 2 is 1.70 bits per heavy atom. The normalized spacial score (nSPS) is 11.0. The minimum Gasteiger partial charge on any atom is -0.325 e. The monoisotopic (exact) mass is 439 g/mol. The van der Waals surface area contributed by atoms with Crippen molar-refractivity contribution >= 4 is 44.7 Å². The van der Waals surface area contributed by atoms with Crippen LogP contribution in [-0.2, 0) is 11.3 Å². The van der Waals surface area contributed by atoms with Crippen molar-refractivity contribution in [2.24, 2.45) is 0 Å². The largest absolute Gasteiger partial charge is 0.336 e. The van der Waals surface area contributed by atoms with Crippen molar-refractivity contribution in [2.75, 3.05) is 5.32 Å². The van der Waals surface area contributed by atoms with Crippen LogP contribution in [0, 0.1) is 13.8 Å². The van der Waals surface area contributed by atoms with Gasteiger partial charge in [-0.2, -0.15) is 0 Å². The smallest absolute Gasteiger partial charge is 0.325 e. The number of aromatic nitrogens is 2. The van der Waals surface area contributed by atoms with Crippen LogP contribution in [-0.4, -0.2) is 15.0 Å². The molecule has 0 bridgehead atoms. The Kier molecular flexibility index (Phi) is 5.32. The lowest BCUT2D eigenvalue weighted by Gasteiger charge is -2.13. The van der Waals surface area contributed by atoms with Gasteiger partial charge >= 0.3 is 5.69 Å². The van der Waals surface area contributed by atoms with Crippen LogP contribution in [0.4, 0.5) is 5.69 Å². The fraction of sp³-hybridized carbons (Fsp3) is 0.136. The first-order valence-electron chi connectivity index (χ1n) is 9.20. The number of aryl methyl sites for hydroxylation is 2. The first kappa shape index (κ1) is 20.1. The maximum atomic E-state index is 13.3. The number of anilines is 1. The summed E-state index contributed by atoms with van der Waals surface area (Å²) in [6, 6.07) is 13.9. The van der Waals surface area contributed by atoms with Crippen LogP contribution >= 0.6 is 22.9 Å². The Morgan fingerprint density at radius 3 is 2.37 bits per heavy atom. The molecule has 30 heavy (non-hydrogen) atoms. The van der Waals surface area contributed by atoms with Crippen LogP contribution in [0.3, 0.4) is 0 Å². The summed E-state index contributed by atoms with van der Waals surface area (Å²) in [6.07, 6.45) is 0. The molecule has 4 aromatic rings. The second-order valence-corrected chi connectivity index (χ2v) is 8.40. The first-order chi connectivity index (χ1) is 14.3. The predicted octanol–water partition coefficient (Wildman–Crippen LogP) is 4.12. The maximum Gasteiger partial charge on any atom is 0.336 e. The number of hydrogen-bond donors (Lipinski definition) is 1. The minimum atomic E-state index is -0.554. The quantitative estimate of drug-likeness (QED) is 0.519. The highest BCUT2D eigenvalue weighted by molar-refractivity contribution is 7.17. The molecule has 2 aromatic heterocycles. The molecule has 2 heterocycles. The lowest BCUT2D eigenvalue weighted by molar-refractivity contribution is -0.116. The summed E-state index contributed by atoms with van der Waals surface area (Å²) in [6.45, 7) is 3.59. The average molecular weight is 440 g/mol. The SMILES string of the molecule is Cc1cc(C)cc(-n2c(=O)c3sccc3n(CC(=O)Nc3ccc(Cl)cc3)c2=O)c1. The van der Waals surface area contributed by atoms with Crippen LogP contribution in [0.5, 0.6) is 0 Å². The number of benzene rings is 2. The molecule has 0 saturated heterocycles. The number of nitrogens with one attached hydrogen (secondary N) is 1. The zero-order valence-electron chi connectivity index (χ0n) is 16.3. The van der Waals surface area contributed by atoms with Crippen molar-refractivity contribution in [3.63, 3.8) is 0 Å². The van der Waals surface area contributed by atoms with E-state index in [9.17, 15) is 14.4 Å². The van der Waals surface area contributed by atoms with Crippen LogP contribution in [0.25, 0.3) is 15.9 Å². The van der Waals surface area contributed by atoms with E-state index in [1.807, 2.05) is 19.9 Å². The molecule has 152 valence electrons. The average Bonchev–Trinajstić information content (AvgIpc) is 3.16. The van der Waals surface area contributed by atoms with E-state index < -0.39 is 5.69 Å². The van der Waals surface area contributed by atoms with E-state index in [1.165, 1.54) is 15.9 Å². The first-order valence-corrected chi connectivity index (χ1v) is 10.5. The lowest BCUT2D eigenvalue weighted by atomic mass is 10.1. The molecule has 0 spiro atoms. The summed E-state index contributed by atoms with van der Waals surface area (Å²) in [7, 11) is 0. The molecule has 1 amide bonds. The van der Waals surface area contributed by atoms with E-state index >= 15 is 0 Å². The van der Waals surface area contributed by atoms with Gasteiger partial charge in [0.25, 0.3) is 5.56 Å². The van der Waals surface area contributed by atoms with E-state index in [2.05, 4.69) is 5.32 Å². The van der Waals surface area contributed by atoms with E-state index in [0.29, 0.717) is 26.6 Å². The Hall–Kier alpha value is -3.16. The third kappa shape index (κ3) is 3.81. The minimum absolute atomic E-state index is 0.222. The summed E-state index contributed by atoms with van der Waals surface area (Å²) >= 11 is 7.12. The summed E-state index contributed by atoms with van der Waals surface area (Å²) in [5.74, 6) is -0.377. The van der Waals surface area contributed by atoms with E-state index in [1.54, 1.807) is 47.8 Å². The summed E-state index contributed by atoms with van der Waals surface area (Å²) in [5, 5.41) is 5.05. The molecule has 0 aliphatic heterocycles. The van der Waals surface area contributed by atoms with Crippen LogP contribution in [0.1, 0.15) is 11.1 Å². The van der Waals surface area contributed by atoms with Crippen molar-refractivity contribution in [3.05, 3.63) is 90.9 Å². The molecule has 0 saturated carbocycles. The van der Waals surface area contributed by atoms with Crippen molar-refractivity contribution in [2.45, 2.75) is 20.4 Å². The van der Waals surface area contributed by atoms with E-state index in [-0.39, 0.29) is 18.0 Å². The number of nitrogens with zero attached hydrogens (tertiary/aromatic N) is 2. The molecule has 1 N–H and O–H groups in total. The van der Waals surface area contributed by atoms with Gasteiger partial charge < -0.3 is 5.32 Å². The summed E-state index contributed by atoms with van der Waals surface area (Å²) in [5.41, 5.74) is 2.45. The third-order valence-corrected chi connectivity index (χ3v) is 5.79. The number of fused-ring (bicyclic) bond motifs is 1. The topological polar surface area (TPSA) is 73.1 Å². The molecule has 0 radical (unpaired) electrons. The van der Waals surface area contributed by atoms with Gasteiger partial charge in [-0.05, 0) is 72.8 Å². The van der Waals surface area contributed by atoms with Crippen LogP contribution in [0.2, 0.25) is 5.02 Å². The second kappa shape index (κ2) is 7.93. The lowest BCUT2D eigenvalue weighted by Crippen LogP contribution is -2.40. The zero-order valence-corrected chi connectivity index (χ0v) is 17.9. The molecule has 0 fully saturated rings. The highest BCUT2D eigenvalue weighted by atomic mass is 35.5. The third-order valence-electron chi connectivity index (χ3n) is 4.65. The van der Waals surface area contributed by atoms with Gasteiger partial charge in [0.1, 0.15) is 11.2 Å². The Bertz CT molecular complexity index is 1360. The molecule has 0 atom stereocenters. The fourth-order valence-electron chi connectivity index (χ4n) is 3.42. The van der Waals surface area contributed by atoms with Gasteiger partial charge in [0.2, 0.25) is 5.91 Å². The Labute approximate surface area is 181 Å². The Balaban J connectivity index is 1.81. The van der Waals surface area contributed by atoms with E-state index in [4.69, 9.17) is 11.6 Å². The Morgan fingerprint density at radius 1 is 1.03 bits per heavy atom. The van der Waals surface area contributed by atoms with Gasteiger partial charge in [0.05, 0.1) is 11.2 Å². The van der Waals surface area contributed by atoms with Crippen molar-refractivity contribution < 1.29 is 4.79 Å². The van der Waals surface area contributed by atoms with Crippen LogP contribution < -0.4 is 16.6 Å². The number of carbonyl (C=O) groups excluding carboxylic acids is 1. The van der Waals surface area contributed by atoms with Gasteiger partial charge in [-0.25, -0.2) is 9.36 Å². The van der Waals surface area contributed by atoms with Gasteiger partial charge in [-0.15, -0.1) is 11.3 Å². The molecule has 4 rings (SSSR count). The number of carbonyl (C=O) groups is 1. The molecule has 6 nitrogen and oxygen atoms in total. The highest BCUT2D eigenvalue weighted by Crippen LogP contribution is 2.18. The number of halogens is 1. The number of rotatable bonds is 4. The van der Waals surface area contributed by atoms with Gasteiger partial charge in [-0.3, -0.25) is 14.2 Å². The molecular formula is C22H18ClN3O3S. The maximum absolute atomic E-state index is 13.3. The van der Waals surface area contributed by atoms with Crippen LogP contribution in [0.15, 0.2) is 63.5 Å². The van der Waals surface area contributed by atoms with Crippen molar-refractivity contribution in [3.8, 4) is 5.69 Å². The molecular weight excluding hydrogens is 422 g/mol. The summed E-state index contributed by atoms with van der Waals surface area (Å²) < 4.78 is 2.89. The van der Waals surface area contributed by atoms with Gasteiger partial charge in [0, 0.05) is 10.7 Å². The number of amides is 1. The molecule has 8 heteroatoms. The number of thiophene rings is 1. The molecule has 0 aliphatic carbocycles. The van der Waals surface area contributed by atoms with Gasteiger partial charge in [-0.1, -0.05) is 17.7 Å². The summed E-state index contributed by atoms with van der Waals surface area (Å²) in [4.78, 5) is 39.0. The van der Waals surface area contributed by atoms with Crippen molar-refractivity contribution in [1.29, 1.82) is 0 Å².